The van der Waals surface area contributed by atoms with E-state index >= 15 is 0 Å². The van der Waals surface area contributed by atoms with Crippen molar-refractivity contribution in [1.82, 2.24) is 18.9 Å². The monoisotopic (exact) mass is 300 g/mol. The van der Waals surface area contributed by atoms with Crippen molar-refractivity contribution >= 4 is 22.4 Å². The number of aryl methyl sites for hydroxylation is 1. The molecule has 0 aromatic carbocycles. The van der Waals surface area contributed by atoms with E-state index in [1.807, 2.05) is 24.7 Å². The summed E-state index contributed by atoms with van der Waals surface area (Å²) in [6, 6.07) is 3.89. The third-order valence-electron chi connectivity index (χ3n) is 3.11. The maximum atomic E-state index is 5.97. The molecule has 3 rings (SSSR count). The predicted octanol–water partition coefficient (Wildman–Crippen LogP) is 2.49. The van der Waals surface area contributed by atoms with Gasteiger partial charge in [0, 0.05) is 43.4 Å². The SMILES string of the molecule is Nc1nsc(NCCCn2ccnc2)c1-c1cccnc1. The molecule has 0 saturated heterocycles. The van der Waals surface area contributed by atoms with Crippen LogP contribution in [0.15, 0.2) is 43.2 Å². The van der Waals surface area contributed by atoms with Crippen LogP contribution in [0.1, 0.15) is 6.42 Å². The van der Waals surface area contributed by atoms with Gasteiger partial charge in [-0.2, -0.15) is 4.37 Å². The molecule has 3 N–H and O–H groups in total. The van der Waals surface area contributed by atoms with Crippen LogP contribution < -0.4 is 11.1 Å². The molecule has 0 saturated carbocycles. The number of rotatable bonds is 6. The molecule has 0 aliphatic rings. The lowest BCUT2D eigenvalue weighted by Crippen LogP contribution is -2.05. The average molecular weight is 300 g/mol. The molecule has 0 atom stereocenters. The van der Waals surface area contributed by atoms with Crippen molar-refractivity contribution in [2.45, 2.75) is 13.0 Å². The molecule has 3 aromatic rings. The Bertz CT molecular complexity index is 677. The van der Waals surface area contributed by atoms with Gasteiger partial charge in [-0.1, -0.05) is 6.07 Å². The molecule has 0 unspecified atom stereocenters. The molecule has 0 aliphatic carbocycles. The molecule has 3 heterocycles. The molecular weight excluding hydrogens is 284 g/mol. The Morgan fingerprint density at radius 1 is 1.29 bits per heavy atom. The van der Waals surface area contributed by atoms with Gasteiger partial charge < -0.3 is 15.6 Å². The second kappa shape index (κ2) is 6.36. The zero-order chi connectivity index (χ0) is 14.5. The van der Waals surface area contributed by atoms with Crippen LogP contribution in [0.4, 0.5) is 10.8 Å². The maximum absolute atomic E-state index is 5.97. The van der Waals surface area contributed by atoms with E-state index in [4.69, 9.17) is 5.73 Å². The molecule has 0 aliphatic heterocycles. The molecule has 21 heavy (non-hydrogen) atoms. The van der Waals surface area contributed by atoms with Crippen molar-refractivity contribution in [1.29, 1.82) is 0 Å². The van der Waals surface area contributed by atoms with Crippen molar-refractivity contribution in [2.24, 2.45) is 0 Å². The highest BCUT2D eigenvalue weighted by molar-refractivity contribution is 7.11. The second-order valence-electron chi connectivity index (χ2n) is 4.59. The minimum Gasteiger partial charge on any atom is -0.382 e. The summed E-state index contributed by atoms with van der Waals surface area (Å²) in [5, 5.41) is 4.40. The first-order valence-electron chi connectivity index (χ1n) is 6.70. The number of nitrogen functional groups attached to an aromatic ring is 1. The summed E-state index contributed by atoms with van der Waals surface area (Å²) in [5.41, 5.74) is 7.90. The second-order valence-corrected chi connectivity index (χ2v) is 5.37. The Balaban J connectivity index is 1.64. The van der Waals surface area contributed by atoms with Crippen LogP contribution in [-0.4, -0.2) is 25.5 Å². The zero-order valence-electron chi connectivity index (χ0n) is 11.4. The van der Waals surface area contributed by atoms with Crippen molar-refractivity contribution in [2.75, 3.05) is 17.6 Å². The van der Waals surface area contributed by atoms with Gasteiger partial charge in [0.2, 0.25) is 0 Å². The molecule has 0 spiro atoms. The number of hydrogen-bond donors (Lipinski definition) is 2. The standard InChI is InChI=1S/C14H16N6S/c15-13-12(11-3-1-4-16-9-11)14(21-19-13)18-5-2-7-20-8-6-17-10-20/h1,3-4,6,8-10,18H,2,5,7H2,(H2,15,19). The molecule has 6 nitrogen and oxygen atoms in total. The summed E-state index contributed by atoms with van der Waals surface area (Å²) in [6.07, 6.45) is 10.1. The van der Waals surface area contributed by atoms with Gasteiger partial charge in [-0.05, 0) is 24.0 Å². The van der Waals surface area contributed by atoms with Gasteiger partial charge in [-0.3, -0.25) is 4.98 Å². The summed E-state index contributed by atoms with van der Waals surface area (Å²) in [4.78, 5) is 8.16. The molecule has 108 valence electrons. The fraction of sp³-hybridized carbons (Fsp3) is 0.214. The van der Waals surface area contributed by atoms with E-state index in [9.17, 15) is 0 Å². The normalized spacial score (nSPS) is 10.7. The molecule has 0 bridgehead atoms. The van der Waals surface area contributed by atoms with Gasteiger partial charge >= 0.3 is 0 Å². The Labute approximate surface area is 126 Å². The van der Waals surface area contributed by atoms with Crippen LogP contribution >= 0.6 is 11.5 Å². The van der Waals surface area contributed by atoms with Crippen LogP contribution in [0.3, 0.4) is 0 Å². The third kappa shape index (κ3) is 3.19. The van der Waals surface area contributed by atoms with Crippen molar-refractivity contribution in [3.05, 3.63) is 43.2 Å². The summed E-state index contributed by atoms with van der Waals surface area (Å²) in [6.45, 7) is 1.79. The van der Waals surface area contributed by atoms with Crippen LogP contribution in [0.2, 0.25) is 0 Å². The van der Waals surface area contributed by atoms with Gasteiger partial charge in [0.05, 0.1) is 11.9 Å². The lowest BCUT2D eigenvalue weighted by atomic mass is 10.1. The first-order chi connectivity index (χ1) is 10.3. The topological polar surface area (TPSA) is 81.6 Å². The van der Waals surface area contributed by atoms with E-state index in [1.54, 1.807) is 18.6 Å². The van der Waals surface area contributed by atoms with Crippen LogP contribution in [0.5, 0.6) is 0 Å². The first kappa shape index (κ1) is 13.6. The number of pyridine rings is 1. The summed E-state index contributed by atoms with van der Waals surface area (Å²) >= 11 is 1.39. The molecule has 7 heteroatoms. The van der Waals surface area contributed by atoms with E-state index in [0.717, 1.165) is 35.6 Å². The van der Waals surface area contributed by atoms with Crippen LogP contribution in [0, 0.1) is 0 Å². The lowest BCUT2D eigenvalue weighted by Gasteiger charge is -2.07. The zero-order valence-corrected chi connectivity index (χ0v) is 12.3. The van der Waals surface area contributed by atoms with Crippen LogP contribution in [-0.2, 0) is 6.54 Å². The Kier molecular flexibility index (Phi) is 4.11. The molecule has 3 aromatic heterocycles. The predicted molar refractivity (Wildman–Crippen MR) is 85.1 cm³/mol. The molecular formula is C14H16N6S. The molecule has 0 amide bonds. The van der Waals surface area contributed by atoms with E-state index < -0.39 is 0 Å². The summed E-state index contributed by atoms with van der Waals surface area (Å²) in [7, 11) is 0. The van der Waals surface area contributed by atoms with Gasteiger partial charge in [-0.15, -0.1) is 0 Å². The van der Waals surface area contributed by atoms with Crippen LogP contribution in [0.25, 0.3) is 11.1 Å². The minimum atomic E-state index is 0.546. The number of nitrogens with one attached hydrogen (secondary N) is 1. The maximum Gasteiger partial charge on any atom is 0.147 e. The number of aromatic nitrogens is 4. The summed E-state index contributed by atoms with van der Waals surface area (Å²) in [5.74, 6) is 0.546. The van der Waals surface area contributed by atoms with Crippen molar-refractivity contribution in [3.63, 3.8) is 0 Å². The molecule has 0 fully saturated rings. The molecule has 0 radical (unpaired) electrons. The number of nitrogens with two attached hydrogens (primary N) is 1. The van der Waals surface area contributed by atoms with Gasteiger partial charge in [0.25, 0.3) is 0 Å². The lowest BCUT2D eigenvalue weighted by molar-refractivity contribution is 0.661. The smallest absolute Gasteiger partial charge is 0.147 e. The largest absolute Gasteiger partial charge is 0.382 e. The highest BCUT2D eigenvalue weighted by Gasteiger charge is 2.13. The number of imidazole rings is 1. The Hall–Kier alpha value is -2.41. The first-order valence-corrected chi connectivity index (χ1v) is 7.47. The average Bonchev–Trinajstić information content (AvgIpc) is 3.14. The van der Waals surface area contributed by atoms with E-state index in [2.05, 4.69) is 24.2 Å². The fourth-order valence-electron chi connectivity index (χ4n) is 2.10. The van der Waals surface area contributed by atoms with Gasteiger partial charge in [0.15, 0.2) is 0 Å². The van der Waals surface area contributed by atoms with E-state index in [1.165, 1.54) is 11.5 Å². The van der Waals surface area contributed by atoms with E-state index in [-0.39, 0.29) is 0 Å². The van der Waals surface area contributed by atoms with Gasteiger partial charge in [0.1, 0.15) is 10.8 Å². The quantitative estimate of drug-likeness (QED) is 0.683. The minimum absolute atomic E-state index is 0.546. The fourth-order valence-corrected chi connectivity index (χ4v) is 2.86. The Morgan fingerprint density at radius 3 is 3.00 bits per heavy atom. The summed E-state index contributed by atoms with van der Waals surface area (Å²) < 4.78 is 6.30. The number of hydrogen-bond acceptors (Lipinski definition) is 6. The number of anilines is 2. The third-order valence-corrected chi connectivity index (χ3v) is 3.93. The van der Waals surface area contributed by atoms with Gasteiger partial charge in [-0.25, -0.2) is 4.98 Å². The highest BCUT2D eigenvalue weighted by Crippen LogP contribution is 2.36. The number of nitrogens with zero attached hydrogens (tertiary/aromatic N) is 4. The Morgan fingerprint density at radius 2 is 2.24 bits per heavy atom. The van der Waals surface area contributed by atoms with Crippen molar-refractivity contribution in [3.8, 4) is 11.1 Å². The van der Waals surface area contributed by atoms with E-state index in [0.29, 0.717) is 5.82 Å². The highest BCUT2D eigenvalue weighted by atomic mass is 32.1. The van der Waals surface area contributed by atoms with Crippen molar-refractivity contribution < 1.29 is 0 Å².